The van der Waals surface area contributed by atoms with Crippen LogP contribution >= 0.6 is 0 Å². The first kappa shape index (κ1) is 13.1. The Kier molecular flexibility index (Phi) is 4.36. The van der Waals surface area contributed by atoms with E-state index in [-0.39, 0.29) is 5.82 Å². The number of carbonyl (C=O) groups is 1. The van der Waals surface area contributed by atoms with Crippen LogP contribution in [0.15, 0.2) is 6.20 Å². The summed E-state index contributed by atoms with van der Waals surface area (Å²) in [4.78, 5) is 17.6. The number of rotatable bonds is 4. The maximum Gasteiger partial charge on any atom is 0.372 e. The minimum atomic E-state index is -0.945. The van der Waals surface area contributed by atoms with Crippen LogP contribution in [-0.4, -0.2) is 38.6 Å². The molecule has 18 heavy (non-hydrogen) atoms. The monoisotopic (exact) mass is 251 g/mol. The number of carboxylic acids is 1. The van der Waals surface area contributed by atoms with Gasteiger partial charge in [0.15, 0.2) is 0 Å². The maximum atomic E-state index is 11.0. The SMILES string of the molecule is CCn1cc(CN2CCCCCC2)nc1C(=O)O. The summed E-state index contributed by atoms with van der Waals surface area (Å²) >= 11 is 0. The van der Waals surface area contributed by atoms with Crippen molar-refractivity contribution in [3.05, 3.63) is 17.7 Å². The van der Waals surface area contributed by atoms with Crippen molar-refractivity contribution in [2.45, 2.75) is 45.7 Å². The second-order valence-corrected chi connectivity index (χ2v) is 4.84. The van der Waals surface area contributed by atoms with Crippen molar-refractivity contribution in [2.24, 2.45) is 0 Å². The molecule has 2 rings (SSSR count). The fourth-order valence-corrected chi connectivity index (χ4v) is 2.48. The molecule has 1 fully saturated rings. The van der Waals surface area contributed by atoms with Crippen LogP contribution in [0.2, 0.25) is 0 Å². The smallest absolute Gasteiger partial charge is 0.372 e. The molecule has 1 saturated heterocycles. The number of likely N-dealkylation sites (tertiary alicyclic amines) is 1. The molecule has 1 aliphatic heterocycles. The minimum Gasteiger partial charge on any atom is -0.475 e. The van der Waals surface area contributed by atoms with Gasteiger partial charge in [-0.1, -0.05) is 12.8 Å². The Hall–Kier alpha value is -1.36. The summed E-state index contributed by atoms with van der Waals surface area (Å²) in [5.41, 5.74) is 0.871. The Morgan fingerprint density at radius 2 is 2.00 bits per heavy atom. The van der Waals surface area contributed by atoms with Gasteiger partial charge < -0.3 is 9.67 Å². The van der Waals surface area contributed by atoms with Crippen LogP contribution < -0.4 is 0 Å². The summed E-state index contributed by atoms with van der Waals surface area (Å²) in [6.45, 7) is 5.55. The lowest BCUT2D eigenvalue weighted by Crippen LogP contribution is -2.24. The third-order valence-electron chi connectivity index (χ3n) is 3.44. The largest absolute Gasteiger partial charge is 0.475 e. The summed E-state index contributed by atoms with van der Waals surface area (Å²) in [5, 5.41) is 9.06. The molecule has 2 heterocycles. The van der Waals surface area contributed by atoms with Gasteiger partial charge in [-0.05, 0) is 32.9 Å². The quantitative estimate of drug-likeness (QED) is 0.889. The third-order valence-corrected chi connectivity index (χ3v) is 3.44. The van der Waals surface area contributed by atoms with Gasteiger partial charge in [0.25, 0.3) is 0 Å². The molecule has 1 aromatic rings. The first-order valence-electron chi connectivity index (χ1n) is 6.72. The lowest BCUT2D eigenvalue weighted by atomic mass is 10.2. The van der Waals surface area contributed by atoms with Gasteiger partial charge in [-0.3, -0.25) is 4.90 Å². The third kappa shape index (κ3) is 3.10. The van der Waals surface area contributed by atoms with Crippen LogP contribution in [0.25, 0.3) is 0 Å². The van der Waals surface area contributed by atoms with E-state index in [0.717, 1.165) is 25.3 Å². The first-order chi connectivity index (χ1) is 8.70. The number of aromatic carboxylic acids is 1. The Bertz CT molecular complexity index is 406. The van der Waals surface area contributed by atoms with Crippen molar-refractivity contribution in [1.82, 2.24) is 14.5 Å². The molecule has 0 radical (unpaired) electrons. The Labute approximate surface area is 107 Å². The Morgan fingerprint density at radius 1 is 1.33 bits per heavy atom. The number of nitrogens with zero attached hydrogens (tertiary/aromatic N) is 3. The maximum absolute atomic E-state index is 11.0. The second-order valence-electron chi connectivity index (χ2n) is 4.84. The van der Waals surface area contributed by atoms with Crippen LogP contribution in [0.4, 0.5) is 0 Å². The lowest BCUT2D eigenvalue weighted by molar-refractivity contribution is 0.0678. The fraction of sp³-hybridized carbons (Fsp3) is 0.692. The van der Waals surface area contributed by atoms with E-state index in [9.17, 15) is 4.79 Å². The zero-order valence-electron chi connectivity index (χ0n) is 10.9. The van der Waals surface area contributed by atoms with Crippen molar-refractivity contribution in [3.63, 3.8) is 0 Å². The van der Waals surface area contributed by atoms with Crippen LogP contribution in [0.3, 0.4) is 0 Å². The van der Waals surface area contributed by atoms with Crippen LogP contribution in [0.5, 0.6) is 0 Å². The average Bonchev–Trinajstić information content (AvgIpc) is 2.58. The molecule has 1 aromatic heterocycles. The van der Waals surface area contributed by atoms with E-state index in [4.69, 9.17) is 5.11 Å². The van der Waals surface area contributed by atoms with Gasteiger partial charge in [-0.15, -0.1) is 0 Å². The molecular formula is C13H21N3O2. The molecule has 5 heteroatoms. The van der Waals surface area contributed by atoms with Crippen molar-refractivity contribution in [3.8, 4) is 0 Å². The van der Waals surface area contributed by atoms with Gasteiger partial charge in [0.2, 0.25) is 5.82 Å². The molecule has 100 valence electrons. The van der Waals surface area contributed by atoms with Gasteiger partial charge in [0, 0.05) is 19.3 Å². The van der Waals surface area contributed by atoms with E-state index in [2.05, 4.69) is 9.88 Å². The zero-order chi connectivity index (χ0) is 13.0. The molecule has 0 spiro atoms. The molecule has 1 aliphatic rings. The van der Waals surface area contributed by atoms with E-state index in [1.54, 1.807) is 4.57 Å². The van der Waals surface area contributed by atoms with E-state index < -0.39 is 5.97 Å². The lowest BCUT2D eigenvalue weighted by Gasteiger charge is -2.17. The normalized spacial score (nSPS) is 17.6. The van der Waals surface area contributed by atoms with Gasteiger partial charge >= 0.3 is 5.97 Å². The van der Waals surface area contributed by atoms with E-state index >= 15 is 0 Å². The number of aromatic nitrogens is 2. The number of hydrogen-bond donors (Lipinski definition) is 1. The zero-order valence-corrected chi connectivity index (χ0v) is 10.9. The molecule has 5 nitrogen and oxygen atoms in total. The highest BCUT2D eigenvalue weighted by molar-refractivity contribution is 5.83. The summed E-state index contributed by atoms with van der Waals surface area (Å²) < 4.78 is 1.70. The fourth-order valence-electron chi connectivity index (χ4n) is 2.48. The molecule has 0 amide bonds. The number of carboxylic acid groups (broad SMARTS) is 1. The van der Waals surface area contributed by atoms with Crippen molar-refractivity contribution in [1.29, 1.82) is 0 Å². The summed E-state index contributed by atoms with van der Waals surface area (Å²) in [6.07, 6.45) is 6.95. The molecule has 0 unspecified atom stereocenters. The van der Waals surface area contributed by atoms with E-state index in [0.29, 0.717) is 6.54 Å². The molecular weight excluding hydrogens is 230 g/mol. The topological polar surface area (TPSA) is 58.4 Å². The van der Waals surface area contributed by atoms with Crippen LogP contribution in [0, 0.1) is 0 Å². The summed E-state index contributed by atoms with van der Waals surface area (Å²) in [6, 6.07) is 0. The van der Waals surface area contributed by atoms with Crippen LogP contribution in [-0.2, 0) is 13.1 Å². The Balaban J connectivity index is 2.06. The summed E-state index contributed by atoms with van der Waals surface area (Å²) in [5.74, 6) is -0.790. The van der Waals surface area contributed by atoms with E-state index in [1.807, 2.05) is 13.1 Å². The molecule has 0 aliphatic carbocycles. The summed E-state index contributed by atoms with van der Waals surface area (Å²) in [7, 11) is 0. The molecule has 1 N–H and O–H groups in total. The van der Waals surface area contributed by atoms with E-state index in [1.165, 1.54) is 25.7 Å². The molecule has 0 saturated carbocycles. The standard InChI is InChI=1S/C13H21N3O2/c1-2-16-10-11(14-12(16)13(17)18)9-15-7-5-3-4-6-8-15/h10H,2-9H2,1H3,(H,17,18). The predicted octanol–water partition coefficient (Wildman–Crippen LogP) is 1.98. The highest BCUT2D eigenvalue weighted by Crippen LogP contribution is 2.13. The number of imidazole rings is 1. The Morgan fingerprint density at radius 3 is 2.50 bits per heavy atom. The second kappa shape index (κ2) is 6.00. The molecule has 0 bridgehead atoms. The number of aryl methyl sites for hydroxylation is 1. The van der Waals surface area contributed by atoms with Gasteiger partial charge in [-0.25, -0.2) is 9.78 Å². The first-order valence-corrected chi connectivity index (χ1v) is 6.72. The highest BCUT2D eigenvalue weighted by Gasteiger charge is 2.16. The van der Waals surface area contributed by atoms with Crippen molar-refractivity contribution < 1.29 is 9.90 Å². The average molecular weight is 251 g/mol. The van der Waals surface area contributed by atoms with Crippen LogP contribution in [0.1, 0.15) is 48.9 Å². The highest BCUT2D eigenvalue weighted by atomic mass is 16.4. The minimum absolute atomic E-state index is 0.155. The molecule has 0 atom stereocenters. The van der Waals surface area contributed by atoms with Crippen molar-refractivity contribution >= 4 is 5.97 Å². The number of hydrogen-bond acceptors (Lipinski definition) is 3. The van der Waals surface area contributed by atoms with Gasteiger partial charge in [-0.2, -0.15) is 0 Å². The predicted molar refractivity (Wildman–Crippen MR) is 68.6 cm³/mol. The van der Waals surface area contributed by atoms with Gasteiger partial charge in [0.1, 0.15) is 0 Å². The molecule has 0 aromatic carbocycles. The van der Waals surface area contributed by atoms with Gasteiger partial charge in [0.05, 0.1) is 5.69 Å². The van der Waals surface area contributed by atoms with Crippen molar-refractivity contribution in [2.75, 3.05) is 13.1 Å².